The first-order valence-corrected chi connectivity index (χ1v) is 9.78. The molecule has 1 saturated carbocycles. The molecular formula is C22H26N4O3. The average Bonchev–Trinajstić information content (AvgIpc) is 3.20. The van der Waals surface area contributed by atoms with Crippen molar-refractivity contribution < 1.29 is 14.4 Å². The first-order chi connectivity index (χ1) is 13.9. The van der Waals surface area contributed by atoms with Crippen molar-refractivity contribution in [2.75, 3.05) is 17.2 Å². The van der Waals surface area contributed by atoms with Crippen LogP contribution in [0.15, 0.2) is 42.5 Å². The molecule has 0 aliphatic heterocycles. The summed E-state index contributed by atoms with van der Waals surface area (Å²) in [4.78, 5) is 36.4. The quantitative estimate of drug-likeness (QED) is 0.578. The fourth-order valence-corrected chi connectivity index (χ4v) is 3.46. The van der Waals surface area contributed by atoms with Crippen LogP contribution in [-0.2, 0) is 4.79 Å². The zero-order valence-electron chi connectivity index (χ0n) is 16.5. The molecule has 0 radical (unpaired) electrons. The Balaban J connectivity index is 1.63. The fraction of sp³-hybridized carbons (Fsp3) is 0.318. The maximum absolute atomic E-state index is 12.6. The first kappa shape index (κ1) is 20.4. The van der Waals surface area contributed by atoms with E-state index < -0.39 is 5.91 Å². The molecule has 29 heavy (non-hydrogen) atoms. The van der Waals surface area contributed by atoms with Gasteiger partial charge in [0, 0.05) is 17.3 Å². The molecule has 0 heterocycles. The fourth-order valence-electron chi connectivity index (χ4n) is 3.46. The number of hydrogen-bond acceptors (Lipinski definition) is 4. The maximum atomic E-state index is 12.6. The van der Waals surface area contributed by atoms with Gasteiger partial charge in [-0.25, -0.2) is 0 Å². The lowest BCUT2D eigenvalue weighted by Crippen LogP contribution is -2.33. The van der Waals surface area contributed by atoms with Crippen LogP contribution in [0.25, 0.3) is 0 Å². The summed E-state index contributed by atoms with van der Waals surface area (Å²) in [5.74, 6) is -1.000. The Hall–Kier alpha value is -3.35. The number of carbonyl (C=O) groups excluding carboxylic acids is 3. The summed E-state index contributed by atoms with van der Waals surface area (Å²) in [6, 6.07) is 12.2. The predicted octanol–water partition coefficient (Wildman–Crippen LogP) is 2.82. The average molecular weight is 394 g/mol. The Labute approximate surface area is 170 Å². The number of amides is 3. The van der Waals surface area contributed by atoms with Gasteiger partial charge in [-0.3, -0.25) is 14.4 Å². The molecule has 0 unspecified atom stereocenters. The number of anilines is 2. The number of rotatable bonds is 7. The van der Waals surface area contributed by atoms with Crippen molar-refractivity contribution in [1.29, 1.82) is 0 Å². The molecule has 5 N–H and O–H groups in total. The lowest BCUT2D eigenvalue weighted by Gasteiger charge is -2.15. The van der Waals surface area contributed by atoms with Crippen molar-refractivity contribution >= 4 is 29.1 Å². The van der Waals surface area contributed by atoms with Gasteiger partial charge in [0.05, 0.1) is 17.8 Å². The number of primary amides is 1. The van der Waals surface area contributed by atoms with Gasteiger partial charge in [-0.15, -0.1) is 0 Å². The van der Waals surface area contributed by atoms with E-state index >= 15 is 0 Å². The van der Waals surface area contributed by atoms with Crippen LogP contribution in [-0.4, -0.2) is 30.3 Å². The second kappa shape index (κ2) is 9.23. The number of nitrogens with one attached hydrogen (secondary N) is 3. The Morgan fingerprint density at radius 1 is 1.03 bits per heavy atom. The highest BCUT2D eigenvalue weighted by Gasteiger charge is 2.20. The van der Waals surface area contributed by atoms with Crippen LogP contribution in [0.2, 0.25) is 0 Å². The van der Waals surface area contributed by atoms with Crippen LogP contribution in [0.4, 0.5) is 11.4 Å². The van der Waals surface area contributed by atoms with Gasteiger partial charge in [0.15, 0.2) is 0 Å². The van der Waals surface area contributed by atoms with Crippen LogP contribution in [0.5, 0.6) is 0 Å². The standard InChI is InChI=1S/C22H26N4O3/c1-14-10-11-15(21(23)28)12-19(14)24-13-20(27)26-18-9-5-4-8-17(18)22(29)25-16-6-2-3-7-16/h4-5,8-12,16,24H,2-3,6-7,13H2,1H3,(H2,23,28)(H,25,29)(H,26,27). The maximum Gasteiger partial charge on any atom is 0.253 e. The topological polar surface area (TPSA) is 113 Å². The van der Waals surface area contributed by atoms with Gasteiger partial charge in [-0.1, -0.05) is 31.0 Å². The molecule has 7 heteroatoms. The predicted molar refractivity (Wildman–Crippen MR) is 113 cm³/mol. The Morgan fingerprint density at radius 3 is 2.48 bits per heavy atom. The smallest absolute Gasteiger partial charge is 0.253 e. The van der Waals surface area contributed by atoms with Gasteiger partial charge < -0.3 is 21.7 Å². The molecule has 0 aromatic heterocycles. The molecule has 2 aromatic carbocycles. The lowest BCUT2D eigenvalue weighted by molar-refractivity contribution is -0.114. The summed E-state index contributed by atoms with van der Waals surface area (Å²) in [5, 5.41) is 8.85. The molecule has 0 saturated heterocycles. The van der Waals surface area contributed by atoms with Crippen molar-refractivity contribution in [3.63, 3.8) is 0 Å². The summed E-state index contributed by atoms with van der Waals surface area (Å²) < 4.78 is 0. The highest BCUT2D eigenvalue weighted by molar-refractivity contribution is 6.04. The summed E-state index contributed by atoms with van der Waals surface area (Å²) in [7, 11) is 0. The lowest BCUT2D eigenvalue weighted by atomic mass is 10.1. The number of benzene rings is 2. The summed E-state index contributed by atoms with van der Waals surface area (Å²) in [6.45, 7) is 1.86. The highest BCUT2D eigenvalue weighted by Crippen LogP contribution is 2.21. The molecule has 0 atom stereocenters. The normalized spacial score (nSPS) is 13.7. The van der Waals surface area contributed by atoms with Crippen molar-refractivity contribution in [3.8, 4) is 0 Å². The number of carbonyl (C=O) groups is 3. The van der Waals surface area contributed by atoms with Gasteiger partial charge in [0.25, 0.3) is 5.91 Å². The van der Waals surface area contributed by atoms with Crippen molar-refractivity contribution in [2.45, 2.75) is 38.6 Å². The van der Waals surface area contributed by atoms with Crippen molar-refractivity contribution in [3.05, 3.63) is 59.2 Å². The second-order valence-corrected chi connectivity index (χ2v) is 7.30. The number of aryl methyl sites for hydroxylation is 1. The summed E-state index contributed by atoms with van der Waals surface area (Å²) in [5.41, 5.74) is 8.14. The van der Waals surface area contributed by atoms with E-state index in [1.165, 1.54) is 0 Å². The van der Waals surface area contributed by atoms with Gasteiger partial charge in [-0.05, 0) is 49.6 Å². The van der Waals surface area contributed by atoms with E-state index in [-0.39, 0.29) is 24.4 Å². The van der Waals surface area contributed by atoms with Crippen molar-refractivity contribution in [1.82, 2.24) is 5.32 Å². The number of para-hydroxylation sites is 1. The second-order valence-electron chi connectivity index (χ2n) is 7.30. The molecule has 3 amide bonds. The Morgan fingerprint density at radius 2 is 1.76 bits per heavy atom. The van der Waals surface area contributed by atoms with E-state index in [0.717, 1.165) is 31.2 Å². The molecule has 1 aliphatic rings. The van der Waals surface area contributed by atoms with Crippen LogP contribution in [0.3, 0.4) is 0 Å². The highest BCUT2D eigenvalue weighted by atomic mass is 16.2. The van der Waals surface area contributed by atoms with Crippen LogP contribution < -0.4 is 21.7 Å². The molecular weight excluding hydrogens is 368 g/mol. The first-order valence-electron chi connectivity index (χ1n) is 9.78. The number of hydrogen-bond donors (Lipinski definition) is 4. The summed E-state index contributed by atoms with van der Waals surface area (Å²) in [6.07, 6.45) is 4.25. The van der Waals surface area contributed by atoms with E-state index in [0.29, 0.717) is 22.5 Å². The third-order valence-corrected chi connectivity index (χ3v) is 5.10. The van der Waals surface area contributed by atoms with E-state index in [4.69, 9.17) is 5.73 Å². The van der Waals surface area contributed by atoms with E-state index in [2.05, 4.69) is 16.0 Å². The molecule has 7 nitrogen and oxygen atoms in total. The molecule has 2 aromatic rings. The van der Waals surface area contributed by atoms with Crippen molar-refractivity contribution in [2.24, 2.45) is 5.73 Å². The minimum absolute atomic E-state index is 0.0123. The minimum Gasteiger partial charge on any atom is -0.376 e. The molecule has 1 fully saturated rings. The Kier molecular flexibility index (Phi) is 6.49. The zero-order valence-corrected chi connectivity index (χ0v) is 16.5. The van der Waals surface area contributed by atoms with E-state index in [1.807, 2.05) is 6.92 Å². The molecule has 3 rings (SSSR count). The van der Waals surface area contributed by atoms with Crippen LogP contribution in [0.1, 0.15) is 52.0 Å². The largest absolute Gasteiger partial charge is 0.376 e. The third kappa shape index (κ3) is 5.34. The molecule has 152 valence electrons. The number of nitrogens with two attached hydrogens (primary N) is 1. The molecule has 1 aliphatic carbocycles. The van der Waals surface area contributed by atoms with Crippen LogP contribution >= 0.6 is 0 Å². The SMILES string of the molecule is Cc1ccc(C(N)=O)cc1NCC(=O)Nc1ccccc1C(=O)NC1CCCC1. The Bertz CT molecular complexity index is 920. The van der Waals surface area contributed by atoms with Gasteiger partial charge in [0.2, 0.25) is 11.8 Å². The molecule has 0 spiro atoms. The van der Waals surface area contributed by atoms with E-state index in [9.17, 15) is 14.4 Å². The minimum atomic E-state index is -0.528. The van der Waals surface area contributed by atoms with Gasteiger partial charge in [0.1, 0.15) is 0 Å². The third-order valence-electron chi connectivity index (χ3n) is 5.10. The summed E-state index contributed by atoms with van der Waals surface area (Å²) >= 11 is 0. The molecule has 0 bridgehead atoms. The van der Waals surface area contributed by atoms with Gasteiger partial charge >= 0.3 is 0 Å². The zero-order chi connectivity index (χ0) is 20.8. The van der Waals surface area contributed by atoms with Gasteiger partial charge in [-0.2, -0.15) is 0 Å². The monoisotopic (exact) mass is 394 g/mol. The van der Waals surface area contributed by atoms with Crippen LogP contribution in [0, 0.1) is 6.92 Å². The van der Waals surface area contributed by atoms with E-state index in [1.54, 1.807) is 42.5 Å².